The molecule has 110 valence electrons. The molecule has 0 spiro atoms. The van der Waals surface area contributed by atoms with Crippen LogP contribution < -0.4 is 9.47 Å². The van der Waals surface area contributed by atoms with Crippen LogP contribution in [0.1, 0.15) is 11.3 Å². The molecule has 0 fully saturated rings. The molecule has 2 heterocycles. The number of hydrogen-bond acceptors (Lipinski definition) is 3. The average Bonchev–Trinajstić information content (AvgIpc) is 3.22. The fraction of sp³-hybridized carbons (Fsp3) is 0.111. The van der Waals surface area contributed by atoms with E-state index in [2.05, 4.69) is 29.2 Å². The van der Waals surface area contributed by atoms with Gasteiger partial charge in [-0.2, -0.15) is 0 Å². The fourth-order valence-electron chi connectivity index (χ4n) is 2.68. The third-order valence-corrected chi connectivity index (χ3v) is 5.16. The Labute approximate surface area is 133 Å². The molecule has 3 aromatic rings. The van der Waals surface area contributed by atoms with E-state index in [1.807, 2.05) is 42.6 Å². The van der Waals surface area contributed by atoms with E-state index in [0.717, 1.165) is 27.7 Å². The first-order valence-corrected chi connectivity index (χ1v) is 7.89. The lowest BCUT2D eigenvalue weighted by Gasteiger charge is -2.27. The van der Waals surface area contributed by atoms with Crippen LogP contribution in [0, 0.1) is 0 Å². The first-order chi connectivity index (χ1) is 10.8. The van der Waals surface area contributed by atoms with Gasteiger partial charge in [0.1, 0.15) is 11.5 Å². The summed E-state index contributed by atoms with van der Waals surface area (Å²) >= 11 is 1.71. The summed E-state index contributed by atoms with van der Waals surface area (Å²) in [5.41, 5.74) is 2.11. The van der Waals surface area contributed by atoms with E-state index in [9.17, 15) is 0 Å². The summed E-state index contributed by atoms with van der Waals surface area (Å²) in [5, 5.41) is 0. The van der Waals surface area contributed by atoms with Gasteiger partial charge in [0.15, 0.2) is 0 Å². The van der Waals surface area contributed by atoms with Gasteiger partial charge in [-0.1, -0.05) is 36.0 Å². The largest absolute Gasteiger partial charge is 0.497 e. The number of hydrogen-bond donors (Lipinski definition) is 1. The Hall–Kier alpha value is -2.33. The van der Waals surface area contributed by atoms with Gasteiger partial charge >= 0.3 is 0 Å². The SMILES string of the molecule is COc1ccc(C2(c3ccc[nH]3)Oc3ccccc3S2)cc1. The molecule has 0 aliphatic carbocycles. The lowest BCUT2D eigenvalue weighted by atomic mass is 10.1. The van der Waals surface area contributed by atoms with Crippen molar-refractivity contribution in [3.8, 4) is 11.5 Å². The van der Waals surface area contributed by atoms with Crippen molar-refractivity contribution in [2.45, 2.75) is 9.83 Å². The van der Waals surface area contributed by atoms with Crippen LogP contribution in [0.5, 0.6) is 11.5 Å². The first kappa shape index (κ1) is 13.3. The van der Waals surface area contributed by atoms with Crippen LogP contribution in [0.25, 0.3) is 0 Å². The molecule has 0 saturated carbocycles. The number of rotatable bonds is 3. The van der Waals surface area contributed by atoms with Crippen molar-refractivity contribution in [1.29, 1.82) is 0 Å². The Balaban J connectivity index is 1.84. The Bertz CT molecular complexity index is 756. The molecule has 0 bridgehead atoms. The normalized spacial score (nSPS) is 19.5. The lowest BCUT2D eigenvalue weighted by Crippen LogP contribution is -2.28. The Kier molecular flexibility index (Phi) is 3.12. The van der Waals surface area contributed by atoms with Gasteiger partial charge in [-0.15, -0.1) is 0 Å². The highest BCUT2D eigenvalue weighted by Gasteiger charge is 2.44. The van der Waals surface area contributed by atoms with Crippen LogP contribution in [0.2, 0.25) is 0 Å². The number of nitrogens with one attached hydrogen (secondary N) is 1. The van der Waals surface area contributed by atoms with Gasteiger partial charge in [-0.25, -0.2) is 0 Å². The molecule has 1 unspecified atom stereocenters. The predicted octanol–water partition coefficient (Wildman–Crippen LogP) is 4.41. The molecule has 0 saturated heterocycles. The highest BCUT2D eigenvalue weighted by molar-refractivity contribution is 8.00. The molecule has 22 heavy (non-hydrogen) atoms. The van der Waals surface area contributed by atoms with Crippen LogP contribution in [0.4, 0.5) is 0 Å². The molecule has 1 aliphatic rings. The molecule has 1 N–H and O–H groups in total. The summed E-state index contributed by atoms with van der Waals surface area (Å²) in [5.74, 6) is 1.75. The summed E-state index contributed by atoms with van der Waals surface area (Å²) in [6.45, 7) is 0. The summed E-state index contributed by atoms with van der Waals surface area (Å²) in [4.78, 5) is 3.87. The molecule has 0 radical (unpaired) electrons. The minimum absolute atomic E-state index is 0.584. The van der Waals surface area contributed by atoms with Crippen molar-refractivity contribution in [1.82, 2.24) is 4.98 Å². The number of H-pyrrole nitrogens is 1. The lowest BCUT2D eigenvalue weighted by molar-refractivity contribution is 0.213. The van der Waals surface area contributed by atoms with E-state index in [1.165, 1.54) is 0 Å². The number of thioether (sulfide) groups is 1. The Morgan fingerprint density at radius 2 is 1.82 bits per heavy atom. The van der Waals surface area contributed by atoms with Gasteiger partial charge in [-0.05, 0) is 36.4 Å². The molecular formula is C18H15NO2S. The third-order valence-electron chi connectivity index (χ3n) is 3.78. The molecule has 1 atom stereocenters. The van der Waals surface area contributed by atoms with Crippen LogP contribution in [0.15, 0.2) is 71.8 Å². The summed E-state index contributed by atoms with van der Waals surface area (Å²) in [7, 11) is 1.67. The number of ether oxygens (including phenoxy) is 2. The number of aromatic nitrogens is 1. The zero-order valence-electron chi connectivity index (χ0n) is 12.1. The molecule has 4 rings (SSSR count). The van der Waals surface area contributed by atoms with Crippen LogP contribution in [0.3, 0.4) is 0 Å². The highest BCUT2D eigenvalue weighted by Crippen LogP contribution is 2.55. The maximum atomic E-state index is 6.39. The van der Waals surface area contributed by atoms with Crippen LogP contribution >= 0.6 is 11.8 Å². The van der Waals surface area contributed by atoms with Gasteiger partial charge in [0.2, 0.25) is 4.93 Å². The molecule has 3 nitrogen and oxygen atoms in total. The Morgan fingerprint density at radius 1 is 1.00 bits per heavy atom. The molecule has 0 amide bonds. The van der Waals surface area contributed by atoms with E-state index >= 15 is 0 Å². The van der Waals surface area contributed by atoms with Gasteiger partial charge in [-0.3, -0.25) is 0 Å². The van der Waals surface area contributed by atoms with Gasteiger partial charge in [0, 0.05) is 11.8 Å². The topological polar surface area (TPSA) is 34.2 Å². The minimum Gasteiger partial charge on any atom is -0.497 e. The van der Waals surface area contributed by atoms with Crippen molar-refractivity contribution in [3.05, 3.63) is 78.1 Å². The second kappa shape index (κ2) is 5.14. The van der Waals surface area contributed by atoms with E-state index in [-0.39, 0.29) is 0 Å². The zero-order valence-corrected chi connectivity index (χ0v) is 12.9. The van der Waals surface area contributed by atoms with E-state index in [0.29, 0.717) is 0 Å². The fourth-order valence-corrected chi connectivity index (χ4v) is 3.97. The standard InChI is InChI=1S/C18H15NO2S/c1-20-14-10-8-13(9-11-14)18(17-7-4-12-19-17)21-15-5-2-3-6-16(15)22-18/h2-12,19H,1H3. The predicted molar refractivity (Wildman–Crippen MR) is 87.5 cm³/mol. The summed E-state index contributed by atoms with van der Waals surface area (Å²) in [6.07, 6.45) is 1.92. The summed E-state index contributed by atoms with van der Waals surface area (Å²) in [6, 6.07) is 20.2. The van der Waals surface area contributed by atoms with Crippen molar-refractivity contribution in [2.24, 2.45) is 0 Å². The molecule has 2 aromatic carbocycles. The third kappa shape index (κ3) is 1.99. The van der Waals surface area contributed by atoms with Gasteiger partial charge < -0.3 is 14.5 Å². The first-order valence-electron chi connectivity index (χ1n) is 7.07. The molecule has 1 aromatic heterocycles. The molecule has 4 heteroatoms. The number of fused-ring (bicyclic) bond motifs is 1. The average molecular weight is 309 g/mol. The maximum absolute atomic E-state index is 6.39. The number of benzene rings is 2. The van der Waals surface area contributed by atoms with E-state index < -0.39 is 4.93 Å². The molecule has 1 aliphatic heterocycles. The van der Waals surface area contributed by atoms with Crippen LogP contribution in [-0.4, -0.2) is 12.1 Å². The zero-order chi connectivity index (χ0) is 15.0. The number of para-hydroxylation sites is 1. The van der Waals surface area contributed by atoms with Crippen molar-refractivity contribution in [2.75, 3.05) is 7.11 Å². The maximum Gasteiger partial charge on any atom is 0.225 e. The van der Waals surface area contributed by atoms with Crippen LogP contribution in [-0.2, 0) is 4.93 Å². The monoisotopic (exact) mass is 309 g/mol. The van der Waals surface area contributed by atoms with E-state index in [4.69, 9.17) is 9.47 Å². The quantitative estimate of drug-likeness (QED) is 0.778. The summed E-state index contributed by atoms with van der Waals surface area (Å²) < 4.78 is 11.7. The molecular weight excluding hydrogens is 294 g/mol. The van der Waals surface area contributed by atoms with Crippen molar-refractivity contribution in [3.63, 3.8) is 0 Å². The number of methoxy groups -OCH3 is 1. The second-order valence-corrected chi connectivity index (χ2v) is 6.30. The van der Waals surface area contributed by atoms with Gasteiger partial charge in [0.05, 0.1) is 17.7 Å². The second-order valence-electron chi connectivity index (χ2n) is 5.08. The highest BCUT2D eigenvalue weighted by atomic mass is 32.2. The van der Waals surface area contributed by atoms with E-state index in [1.54, 1.807) is 18.9 Å². The smallest absolute Gasteiger partial charge is 0.225 e. The number of aromatic amines is 1. The van der Waals surface area contributed by atoms with Crippen molar-refractivity contribution >= 4 is 11.8 Å². The Morgan fingerprint density at radius 3 is 2.50 bits per heavy atom. The van der Waals surface area contributed by atoms with Gasteiger partial charge in [0.25, 0.3) is 0 Å². The van der Waals surface area contributed by atoms with Crippen molar-refractivity contribution < 1.29 is 9.47 Å². The minimum atomic E-state index is -0.584.